The van der Waals surface area contributed by atoms with Crippen molar-refractivity contribution in [2.75, 3.05) is 5.33 Å². The predicted molar refractivity (Wildman–Crippen MR) is 45.4 cm³/mol. The van der Waals surface area contributed by atoms with Crippen molar-refractivity contribution in [3.05, 3.63) is 0 Å². The molecule has 0 unspecified atom stereocenters. The molecule has 10 heavy (non-hydrogen) atoms. The Morgan fingerprint density at radius 3 is 2.80 bits per heavy atom. The third-order valence-electron chi connectivity index (χ3n) is 2.18. The molecule has 0 saturated heterocycles. The van der Waals surface area contributed by atoms with E-state index in [1.165, 1.54) is 6.42 Å². The van der Waals surface area contributed by atoms with Crippen LogP contribution in [0.15, 0.2) is 0 Å². The number of halogens is 1. The van der Waals surface area contributed by atoms with Crippen molar-refractivity contribution in [1.82, 2.24) is 0 Å². The monoisotopic (exact) mass is 204 g/mol. The van der Waals surface area contributed by atoms with E-state index in [0.29, 0.717) is 5.78 Å². The molecule has 1 atom stereocenters. The lowest BCUT2D eigenvalue weighted by atomic mass is 9.77. The van der Waals surface area contributed by atoms with Gasteiger partial charge >= 0.3 is 0 Å². The van der Waals surface area contributed by atoms with Gasteiger partial charge in [-0.3, -0.25) is 4.79 Å². The van der Waals surface area contributed by atoms with Crippen LogP contribution in [0.5, 0.6) is 0 Å². The molecule has 0 amide bonds. The highest BCUT2D eigenvalue weighted by Gasteiger charge is 2.29. The molecule has 0 N–H and O–H groups in total. The number of alkyl halides is 1. The van der Waals surface area contributed by atoms with Gasteiger partial charge in [-0.05, 0) is 18.3 Å². The highest BCUT2D eigenvalue weighted by molar-refractivity contribution is 9.09. The molecular formula is C8H13BrO. The second-order valence-corrected chi connectivity index (χ2v) is 4.07. The van der Waals surface area contributed by atoms with Crippen LogP contribution in [0.3, 0.4) is 0 Å². The number of Topliss-reactive ketones (excluding diaryl/α,β-unsaturated/α-hetero) is 1. The van der Waals surface area contributed by atoms with Gasteiger partial charge in [0.1, 0.15) is 5.78 Å². The van der Waals surface area contributed by atoms with Crippen LogP contribution in [0, 0.1) is 5.41 Å². The fraction of sp³-hybridized carbons (Fsp3) is 0.875. The van der Waals surface area contributed by atoms with Crippen LogP contribution in [-0.4, -0.2) is 11.1 Å². The molecule has 1 nitrogen and oxygen atoms in total. The molecule has 58 valence electrons. The smallest absolute Gasteiger partial charge is 0.133 e. The molecule has 2 heteroatoms. The van der Waals surface area contributed by atoms with Gasteiger partial charge in [-0.25, -0.2) is 0 Å². The molecular weight excluding hydrogens is 192 g/mol. The first-order valence-electron chi connectivity index (χ1n) is 3.74. The molecule has 1 aliphatic rings. The Morgan fingerprint density at radius 1 is 1.70 bits per heavy atom. The third-order valence-corrected chi connectivity index (χ3v) is 3.54. The molecule has 1 saturated carbocycles. The topological polar surface area (TPSA) is 17.1 Å². The van der Waals surface area contributed by atoms with E-state index in [9.17, 15) is 4.79 Å². The summed E-state index contributed by atoms with van der Waals surface area (Å²) in [4.78, 5) is 11.0. The number of hydrogen-bond acceptors (Lipinski definition) is 1. The molecule has 1 rings (SSSR count). The molecule has 0 aromatic carbocycles. The second-order valence-electron chi connectivity index (χ2n) is 3.51. The zero-order valence-electron chi connectivity index (χ0n) is 6.32. The molecule has 0 aromatic heterocycles. The van der Waals surface area contributed by atoms with Gasteiger partial charge in [-0.1, -0.05) is 22.9 Å². The zero-order chi connectivity index (χ0) is 7.61. The molecule has 1 fully saturated rings. The average molecular weight is 205 g/mol. The zero-order valence-corrected chi connectivity index (χ0v) is 7.91. The molecule has 0 bridgehead atoms. The van der Waals surface area contributed by atoms with Crippen molar-refractivity contribution in [2.24, 2.45) is 5.41 Å². The van der Waals surface area contributed by atoms with E-state index in [4.69, 9.17) is 0 Å². The molecule has 0 radical (unpaired) electrons. The molecule has 0 aliphatic heterocycles. The van der Waals surface area contributed by atoms with E-state index < -0.39 is 0 Å². The molecule has 0 heterocycles. The largest absolute Gasteiger partial charge is 0.300 e. The number of carbonyl (C=O) groups is 1. The first-order chi connectivity index (χ1) is 4.66. The van der Waals surface area contributed by atoms with Gasteiger partial charge in [-0.15, -0.1) is 0 Å². The van der Waals surface area contributed by atoms with Crippen LogP contribution in [0.2, 0.25) is 0 Å². The number of ketones is 1. The highest BCUT2D eigenvalue weighted by atomic mass is 79.9. The van der Waals surface area contributed by atoms with Crippen molar-refractivity contribution in [2.45, 2.75) is 32.6 Å². The lowest BCUT2D eigenvalue weighted by molar-refractivity contribution is -0.122. The summed E-state index contributed by atoms with van der Waals surface area (Å²) < 4.78 is 0. The van der Waals surface area contributed by atoms with Gasteiger partial charge in [0.15, 0.2) is 0 Å². The van der Waals surface area contributed by atoms with Gasteiger partial charge in [0.25, 0.3) is 0 Å². The fourth-order valence-corrected chi connectivity index (χ4v) is 1.96. The lowest BCUT2D eigenvalue weighted by Gasteiger charge is -2.30. The number of rotatable bonds is 1. The minimum atomic E-state index is 0.259. The summed E-state index contributed by atoms with van der Waals surface area (Å²) in [6, 6.07) is 0. The van der Waals surface area contributed by atoms with Gasteiger partial charge in [0.05, 0.1) is 0 Å². The Balaban J connectivity index is 2.53. The Morgan fingerprint density at radius 2 is 2.40 bits per heavy atom. The highest BCUT2D eigenvalue weighted by Crippen LogP contribution is 2.35. The first kappa shape index (κ1) is 8.25. The minimum absolute atomic E-state index is 0.259. The maximum absolute atomic E-state index is 11.0. The van der Waals surface area contributed by atoms with Crippen LogP contribution in [0.4, 0.5) is 0 Å². The molecule has 1 aliphatic carbocycles. The Hall–Kier alpha value is 0.150. The maximum atomic E-state index is 11.0. The minimum Gasteiger partial charge on any atom is -0.300 e. The van der Waals surface area contributed by atoms with Gasteiger partial charge in [0, 0.05) is 18.2 Å². The summed E-state index contributed by atoms with van der Waals surface area (Å²) in [5.41, 5.74) is 0.259. The lowest BCUT2D eigenvalue weighted by Crippen LogP contribution is -2.26. The Kier molecular flexibility index (Phi) is 2.50. The van der Waals surface area contributed by atoms with Crippen LogP contribution < -0.4 is 0 Å². The van der Waals surface area contributed by atoms with Crippen LogP contribution in [-0.2, 0) is 4.79 Å². The van der Waals surface area contributed by atoms with Crippen LogP contribution in [0.1, 0.15) is 32.6 Å². The summed E-state index contributed by atoms with van der Waals surface area (Å²) in [7, 11) is 0. The van der Waals surface area contributed by atoms with Crippen LogP contribution >= 0.6 is 15.9 Å². The van der Waals surface area contributed by atoms with E-state index >= 15 is 0 Å². The van der Waals surface area contributed by atoms with E-state index in [-0.39, 0.29) is 5.41 Å². The third kappa shape index (κ3) is 1.82. The van der Waals surface area contributed by atoms with Crippen molar-refractivity contribution in [3.63, 3.8) is 0 Å². The summed E-state index contributed by atoms with van der Waals surface area (Å²) in [6.07, 6.45) is 3.87. The predicted octanol–water partition coefficient (Wildman–Crippen LogP) is 2.53. The molecule has 0 spiro atoms. The van der Waals surface area contributed by atoms with Crippen molar-refractivity contribution >= 4 is 21.7 Å². The van der Waals surface area contributed by atoms with Crippen molar-refractivity contribution in [3.8, 4) is 0 Å². The van der Waals surface area contributed by atoms with Gasteiger partial charge < -0.3 is 0 Å². The van der Waals surface area contributed by atoms with Crippen molar-refractivity contribution in [1.29, 1.82) is 0 Å². The average Bonchev–Trinajstić information content (AvgIpc) is 1.88. The summed E-state index contributed by atoms with van der Waals surface area (Å²) in [5.74, 6) is 0.438. The first-order valence-corrected chi connectivity index (χ1v) is 4.86. The Bertz CT molecular complexity index is 144. The normalized spacial score (nSPS) is 34.4. The number of carbonyl (C=O) groups excluding carboxylic acids is 1. The van der Waals surface area contributed by atoms with E-state index in [2.05, 4.69) is 22.9 Å². The second kappa shape index (κ2) is 3.04. The van der Waals surface area contributed by atoms with Crippen LogP contribution in [0.25, 0.3) is 0 Å². The van der Waals surface area contributed by atoms with E-state index in [0.717, 1.165) is 24.6 Å². The number of hydrogen-bond donors (Lipinski definition) is 0. The Labute approximate surface area is 70.3 Å². The van der Waals surface area contributed by atoms with Crippen molar-refractivity contribution < 1.29 is 4.79 Å². The van der Waals surface area contributed by atoms with E-state index in [1.807, 2.05) is 0 Å². The summed E-state index contributed by atoms with van der Waals surface area (Å²) >= 11 is 3.44. The van der Waals surface area contributed by atoms with Gasteiger partial charge in [0.2, 0.25) is 0 Å². The maximum Gasteiger partial charge on any atom is 0.133 e. The van der Waals surface area contributed by atoms with E-state index in [1.54, 1.807) is 0 Å². The quantitative estimate of drug-likeness (QED) is 0.601. The fourth-order valence-electron chi connectivity index (χ4n) is 1.48. The summed E-state index contributed by atoms with van der Waals surface area (Å²) in [6.45, 7) is 2.18. The summed E-state index contributed by atoms with van der Waals surface area (Å²) in [5, 5.41) is 0.964. The molecule has 0 aromatic rings. The SMILES string of the molecule is C[C@@]1(CBr)CCCC(=O)C1. The van der Waals surface area contributed by atoms with Gasteiger partial charge in [-0.2, -0.15) is 0 Å². The standard InChI is InChI=1S/C8H13BrO/c1-8(6-9)4-2-3-7(10)5-8/h2-6H2,1H3/t8-/m1/s1.